The van der Waals surface area contributed by atoms with Crippen molar-refractivity contribution in [1.82, 2.24) is 0 Å². The molecule has 0 radical (unpaired) electrons. The van der Waals surface area contributed by atoms with Crippen molar-refractivity contribution in [2.24, 2.45) is 5.92 Å². The normalized spacial score (nSPS) is 14.7. The molecule has 2 aromatic rings. The summed E-state index contributed by atoms with van der Waals surface area (Å²) in [4.78, 5) is 15.0. The van der Waals surface area contributed by atoms with Crippen LogP contribution in [0.3, 0.4) is 0 Å². The van der Waals surface area contributed by atoms with E-state index in [2.05, 4.69) is 16.3 Å². The second-order valence-corrected chi connectivity index (χ2v) is 6.73. The van der Waals surface area contributed by atoms with Crippen molar-refractivity contribution in [1.29, 1.82) is 5.26 Å². The van der Waals surface area contributed by atoms with Crippen LogP contribution < -0.4 is 10.2 Å². The molecule has 0 unspecified atom stereocenters. The van der Waals surface area contributed by atoms with E-state index in [1.807, 2.05) is 31.2 Å². The molecule has 2 aromatic carbocycles. The predicted molar refractivity (Wildman–Crippen MR) is 102 cm³/mol. The molecule has 1 heterocycles. The van der Waals surface area contributed by atoms with Crippen molar-refractivity contribution in [3.8, 4) is 6.07 Å². The molecule has 26 heavy (non-hydrogen) atoms. The highest BCUT2D eigenvalue weighted by molar-refractivity contribution is 6.06. The molecule has 0 atom stereocenters. The molecule has 5 heteroatoms. The second kappa shape index (κ2) is 8.03. The number of hydrogen-bond acceptors (Lipinski definition) is 4. The first-order valence-corrected chi connectivity index (χ1v) is 8.89. The summed E-state index contributed by atoms with van der Waals surface area (Å²) in [6.45, 7) is 3.81. The van der Waals surface area contributed by atoms with Gasteiger partial charge in [-0.05, 0) is 61.6 Å². The van der Waals surface area contributed by atoms with E-state index in [0.29, 0.717) is 17.0 Å². The number of benzene rings is 2. The van der Waals surface area contributed by atoms with Crippen LogP contribution in [0.2, 0.25) is 0 Å². The number of aryl methyl sites for hydroxylation is 1. The zero-order valence-electron chi connectivity index (χ0n) is 14.9. The van der Waals surface area contributed by atoms with Gasteiger partial charge in [0, 0.05) is 25.3 Å². The third-order valence-electron chi connectivity index (χ3n) is 4.97. The number of carbonyl (C=O) groups excluding carboxylic acids is 1. The highest BCUT2D eigenvalue weighted by Crippen LogP contribution is 2.30. The maximum absolute atomic E-state index is 12.7. The standard InChI is InChI=1S/C21H23N3O2/c1-15-12-17(13-22)6-7-18(15)21(26)23-19-4-2-3-5-20(19)24-10-8-16(14-25)9-11-24/h2-7,12,16,25H,8-11,14H2,1H3,(H,23,26). The lowest BCUT2D eigenvalue weighted by molar-refractivity contribution is 0.102. The lowest BCUT2D eigenvalue weighted by atomic mass is 9.97. The molecule has 0 aromatic heterocycles. The van der Waals surface area contributed by atoms with E-state index in [-0.39, 0.29) is 12.5 Å². The first kappa shape index (κ1) is 18.0. The van der Waals surface area contributed by atoms with E-state index in [1.165, 1.54) is 0 Å². The Balaban J connectivity index is 1.78. The highest BCUT2D eigenvalue weighted by Gasteiger charge is 2.21. The molecule has 1 aliphatic heterocycles. The summed E-state index contributed by atoms with van der Waals surface area (Å²) in [5.41, 5.74) is 3.68. The van der Waals surface area contributed by atoms with Crippen molar-refractivity contribution < 1.29 is 9.90 Å². The molecular formula is C21H23N3O2. The Morgan fingerprint density at radius 2 is 2.00 bits per heavy atom. The molecule has 0 aliphatic carbocycles. The van der Waals surface area contributed by atoms with Crippen LogP contribution in [-0.2, 0) is 0 Å². The minimum absolute atomic E-state index is 0.176. The number of nitrogens with zero attached hydrogens (tertiary/aromatic N) is 2. The highest BCUT2D eigenvalue weighted by atomic mass is 16.3. The van der Waals surface area contributed by atoms with E-state index < -0.39 is 0 Å². The zero-order valence-corrected chi connectivity index (χ0v) is 14.9. The quantitative estimate of drug-likeness (QED) is 0.888. The summed E-state index contributed by atoms with van der Waals surface area (Å²) >= 11 is 0. The van der Waals surface area contributed by atoms with Crippen LogP contribution >= 0.6 is 0 Å². The van der Waals surface area contributed by atoms with Gasteiger partial charge in [0.25, 0.3) is 5.91 Å². The molecule has 1 fully saturated rings. The minimum atomic E-state index is -0.176. The SMILES string of the molecule is Cc1cc(C#N)ccc1C(=O)Nc1ccccc1N1CCC(CO)CC1. The van der Waals surface area contributed by atoms with Gasteiger partial charge in [-0.3, -0.25) is 4.79 Å². The summed E-state index contributed by atoms with van der Waals surface area (Å²) in [6, 6.07) is 15.0. The number of aliphatic hydroxyl groups excluding tert-OH is 1. The summed E-state index contributed by atoms with van der Waals surface area (Å²) in [5.74, 6) is 0.194. The Morgan fingerprint density at radius 1 is 1.27 bits per heavy atom. The number of hydrogen-bond donors (Lipinski definition) is 2. The monoisotopic (exact) mass is 349 g/mol. The summed E-state index contributed by atoms with van der Waals surface area (Å²) < 4.78 is 0. The number of para-hydroxylation sites is 2. The number of nitriles is 1. The van der Waals surface area contributed by atoms with E-state index in [4.69, 9.17) is 5.26 Å². The average Bonchev–Trinajstić information content (AvgIpc) is 2.68. The van der Waals surface area contributed by atoms with E-state index in [0.717, 1.165) is 42.9 Å². The zero-order chi connectivity index (χ0) is 18.5. The maximum atomic E-state index is 12.7. The summed E-state index contributed by atoms with van der Waals surface area (Å²) in [6.07, 6.45) is 1.90. The molecule has 5 nitrogen and oxygen atoms in total. The van der Waals surface area contributed by atoms with Crippen molar-refractivity contribution in [3.05, 3.63) is 59.2 Å². The first-order chi connectivity index (χ1) is 12.6. The molecule has 1 aliphatic rings. The van der Waals surface area contributed by atoms with Gasteiger partial charge in [0.05, 0.1) is 23.0 Å². The van der Waals surface area contributed by atoms with Gasteiger partial charge < -0.3 is 15.3 Å². The number of piperidine rings is 1. The number of carbonyl (C=O) groups is 1. The molecule has 3 rings (SSSR count). The third kappa shape index (κ3) is 3.87. The Hall–Kier alpha value is -2.84. The van der Waals surface area contributed by atoms with Crippen LogP contribution in [0.1, 0.15) is 34.3 Å². The molecule has 0 bridgehead atoms. The van der Waals surface area contributed by atoms with Gasteiger partial charge in [0.1, 0.15) is 0 Å². The number of nitrogens with one attached hydrogen (secondary N) is 1. The largest absolute Gasteiger partial charge is 0.396 e. The molecular weight excluding hydrogens is 326 g/mol. The lowest BCUT2D eigenvalue weighted by Gasteiger charge is -2.34. The number of amides is 1. The molecule has 134 valence electrons. The Labute approximate surface area is 153 Å². The number of rotatable bonds is 4. The Bertz CT molecular complexity index is 833. The Morgan fingerprint density at radius 3 is 2.65 bits per heavy atom. The van der Waals surface area contributed by atoms with Gasteiger partial charge >= 0.3 is 0 Å². The number of aliphatic hydroxyl groups is 1. The summed E-state index contributed by atoms with van der Waals surface area (Å²) in [5, 5.41) is 21.3. The molecule has 0 spiro atoms. The van der Waals surface area contributed by atoms with Crippen LogP contribution in [0.25, 0.3) is 0 Å². The fraction of sp³-hybridized carbons (Fsp3) is 0.333. The minimum Gasteiger partial charge on any atom is -0.396 e. The van der Waals surface area contributed by atoms with Gasteiger partial charge in [0.15, 0.2) is 0 Å². The van der Waals surface area contributed by atoms with E-state index in [1.54, 1.807) is 18.2 Å². The fourth-order valence-corrected chi connectivity index (χ4v) is 3.39. The Kier molecular flexibility index (Phi) is 5.55. The fourth-order valence-electron chi connectivity index (χ4n) is 3.39. The average molecular weight is 349 g/mol. The first-order valence-electron chi connectivity index (χ1n) is 8.89. The predicted octanol–water partition coefficient (Wildman–Crippen LogP) is 3.33. The van der Waals surface area contributed by atoms with Crippen LogP contribution in [0.15, 0.2) is 42.5 Å². The van der Waals surface area contributed by atoms with Crippen molar-refractivity contribution in [2.75, 3.05) is 29.9 Å². The smallest absolute Gasteiger partial charge is 0.255 e. The van der Waals surface area contributed by atoms with Gasteiger partial charge in [-0.25, -0.2) is 0 Å². The van der Waals surface area contributed by atoms with Crippen molar-refractivity contribution >= 4 is 17.3 Å². The van der Waals surface area contributed by atoms with Crippen molar-refractivity contribution in [3.63, 3.8) is 0 Å². The second-order valence-electron chi connectivity index (χ2n) is 6.73. The maximum Gasteiger partial charge on any atom is 0.255 e. The molecule has 1 amide bonds. The van der Waals surface area contributed by atoms with Gasteiger partial charge in [0.2, 0.25) is 0 Å². The van der Waals surface area contributed by atoms with Gasteiger partial charge in [-0.1, -0.05) is 12.1 Å². The van der Waals surface area contributed by atoms with Crippen molar-refractivity contribution in [2.45, 2.75) is 19.8 Å². The van der Waals surface area contributed by atoms with E-state index in [9.17, 15) is 9.90 Å². The topological polar surface area (TPSA) is 76.4 Å². The van der Waals surface area contributed by atoms with Crippen LogP contribution in [0.5, 0.6) is 0 Å². The van der Waals surface area contributed by atoms with Crippen LogP contribution in [0.4, 0.5) is 11.4 Å². The van der Waals surface area contributed by atoms with Crippen LogP contribution in [0, 0.1) is 24.2 Å². The third-order valence-corrected chi connectivity index (χ3v) is 4.97. The van der Waals surface area contributed by atoms with E-state index >= 15 is 0 Å². The molecule has 1 saturated heterocycles. The van der Waals surface area contributed by atoms with Gasteiger partial charge in [-0.15, -0.1) is 0 Å². The number of anilines is 2. The van der Waals surface area contributed by atoms with Crippen LogP contribution in [-0.4, -0.2) is 30.7 Å². The molecule has 2 N–H and O–H groups in total. The van der Waals surface area contributed by atoms with Gasteiger partial charge in [-0.2, -0.15) is 5.26 Å². The molecule has 0 saturated carbocycles. The summed E-state index contributed by atoms with van der Waals surface area (Å²) in [7, 11) is 0. The lowest BCUT2D eigenvalue weighted by Crippen LogP contribution is -2.35.